The van der Waals surface area contributed by atoms with Gasteiger partial charge in [0.15, 0.2) is 0 Å². The highest BCUT2D eigenvalue weighted by molar-refractivity contribution is 5.09. The summed E-state index contributed by atoms with van der Waals surface area (Å²) in [7, 11) is 0. The van der Waals surface area contributed by atoms with Crippen molar-refractivity contribution in [1.29, 1.82) is 0 Å². The molecule has 5 heteroatoms. The van der Waals surface area contributed by atoms with Gasteiger partial charge in [-0.05, 0) is 42.8 Å². The van der Waals surface area contributed by atoms with Crippen LogP contribution in [0.1, 0.15) is 17.7 Å². The Morgan fingerprint density at radius 1 is 1.04 bits per heavy atom. The first-order valence-corrected chi connectivity index (χ1v) is 8.84. The molecule has 0 unspecified atom stereocenters. The van der Waals surface area contributed by atoms with E-state index in [1.54, 1.807) is 6.26 Å². The molecule has 4 heterocycles. The second-order valence-electron chi connectivity index (χ2n) is 6.86. The van der Waals surface area contributed by atoms with Gasteiger partial charge in [-0.25, -0.2) is 0 Å². The maximum atomic E-state index is 6.20. The Kier molecular flexibility index (Phi) is 4.92. The van der Waals surface area contributed by atoms with Crippen molar-refractivity contribution in [3.05, 3.63) is 54.2 Å². The lowest BCUT2D eigenvalue weighted by Crippen LogP contribution is -2.46. The van der Waals surface area contributed by atoms with Crippen molar-refractivity contribution in [1.82, 2.24) is 14.8 Å². The fourth-order valence-corrected chi connectivity index (χ4v) is 3.84. The van der Waals surface area contributed by atoms with E-state index in [1.165, 1.54) is 12.0 Å². The highest BCUT2D eigenvalue weighted by atomic mass is 16.5. The number of hydrogen-bond acceptors (Lipinski definition) is 5. The number of furan rings is 1. The highest BCUT2D eigenvalue weighted by Gasteiger charge is 2.33. The Morgan fingerprint density at radius 3 is 2.75 bits per heavy atom. The van der Waals surface area contributed by atoms with Crippen molar-refractivity contribution in [3.8, 4) is 0 Å². The zero-order valence-electron chi connectivity index (χ0n) is 14.0. The molecule has 0 radical (unpaired) electrons. The van der Waals surface area contributed by atoms with Crippen LogP contribution in [-0.2, 0) is 17.8 Å². The van der Waals surface area contributed by atoms with Crippen LogP contribution in [-0.4, -0.2) is 53.7 Å². The Labute approximate surface area is 143 Å². The lowest BCUT2D eigenvalue weighted by Gasteiger charge is -2.37. The fourth-order valence-electron chi connectivity index (χ4n) is 3.84. The molecule has 2 saturated heterocycles. The average molecular weight is 327 g/mol. The van der Waals surface area contributed by atoms with Gasteiger partial charge in [-0.2, -0.15) is 0 Å². The third-order valence-corrected chi connectivity index (χ3v) is 5.13. The van der Waals surface area contributed by atoms with Crippen LogP contribution in [0.25, 0.3) is 0 Å². The molecule has 0 aliphatic carbocycles. The van der Waals surface area contributed by atoms with Gasteiger partial charge in [0.2, 0.25) is 0 Å². The minimum Gasteiger partial charge on any atom is -0.468 e. The van der Waals surface area contributed by atoms with Crippen LogP contribution in [0.4, 0.5) is 0 Å². The fraction of sp³-hybridized carbons (Fsp3) is 0.526. The van der Waals surface area contributed by atoms with Gasteiger partial charge in [-0.1, -0.05) is 0 Å². The van der Waals surface area contributed by atoms with Crippen LogP contribution in [0.5, 0.6) is 0 Å². The quantitative estimate of drug-likeness (QED) is 0.862. The summed E-state index contributed by atoms with van der Waals surface area (Å²) in [4.78, 5) is 9.09. The molecule has 2 aromatic heterocycles. The number of likely N-dealkylation sites (tertiary alicyclic amines) is 1. The predicted octanol–water partition coefficient (Wildman–Crippen LogP) is 2.40. The van der Waals surface area contributed by atoms with E-state index in [-0.39, 0.29) is 0 Å². The second kappa shape index (κ2) is 7.47. The SMILES string of the molecule is c1coc(CN2CC[C@@H]3CN(Cc4ccncc4)CCO[C@@H]3C2)c1. The van der Waals surface area contributed by atoms with E-state index in [0.717, 1.165) is 51.6 Å². The Bertz CT molecular complexity index is 617. The molecule has 5 nitrogen and oxygen atoms in total. The molecule has 0 bridgehead atoms. The van der Waals surface area contributed by atoms with Gasteiger partial charge in [0.05, 0.1) is 25.5 Å². The van der Waals surface area contributed by atoms with E-state index >= 15 is 0 Å². The summed E-state index contributed by atoms with van der Waals surface area (Å²) < 4.78 is 11.7. The van der Waals surface area contributed by atoms with E-state index < -0.39 is 0 Å². The highest BCUT2D eigenvalue weighted by Crippen LogP contribution is 2.25. The zero-order chi connectivity index (χ0) is 16.2. The number of nitrogens with zero attached hydrogens (tertiary/aromatic N) is 3. The van der Waals surface area contributed by atoms with E-state index in [2.05, 4.69) is 33.0 Å². The largest absolute Gasteiger partial charge is 0.468 e. The van der Waals surface area contributed by atoms with Crippen molar-refractivity contribution < 1.29 is 9.15 Å². The number of fused-ring (bicyclic) bond motifs is 1. The standard InChI is InChI=1S/C19H25N3O2/c1-2-18(23-10-1)14-21-8-5-17-13-22(9-11-24-19(17)15-21)12-16-3-6-20-7-4-16/h1-4,6-7,10,17,19H,5,8-9,11-15H2/t17-,19-/m1/s1. The van der Waals surface area contributed by atoms with Gasteiger partial charge in [-0.3, -0.25) is 14.8 Å². The first kappa shape index (κ1) is 15.8. The lowest BCUT2D eigenvalue weighted by atomic mass is 9.93. The third kappa shape index (κ3) is 3.86. The first-order valence-electron chi connectivity index (χ1n) is 8.84. The maximum absolute atomic E-state index is 6.20. The summed E-state index contributed by atoms with van der Waals surface area (Å²) in [5.41, 5.74) is 1.33. The summed E-state index contributed by atoms with van der Waals surface area (Å²) in [5, 5.41) is 0. The number of rotatable bonds is 4. The van der Waals surface area contributed by atoms with E-state index in [9.17, 15) is 0 Å². The molecule has 0 amide bonds. The van der Waals surface area contributed by atoms with Gasteiger partial charge in [-0.15, -0.1) is 0 Å². The van der Waals surface area contributed by atoms with Crippen LogP contribution in [0.3, 0.4) is 0 Å². The number of piperidine rings is 1. The zero-order valence-corrected chi connectivity index (χ0v) is 14.0. The Morgan fingerprint density at radius 2 is 1.92 bits per heavy atom. The third-order valence-electron chi connectivity index (χ3n) is 5.13. The van der Waals surface area contributed by atoms with Crippen LogP contribution < -0.4 is 0 Å². The molecule has 2 aliphatic rings. The second-order valence-corrected chi connectivity index (χ2v) is 6.86. The molecule has 2 fully saturated rings. The molecule has 128 valence electrons. The molecule has 0 saturated carbocycles. The summed E-state index contributed by atoms with van der Waals surface area (Å²) in [6, 6.07) is 8.22. The van der Waals surface area contributed by atoms with Gasteiger partial charge < -0.3 is 9.15 Å². The summed E-state index contributed by atoms with van der Waals surface area (Å²) in [6.07, 6.45) is 7.04. The number of hydrogen-bond donors (Lipinski definition) is 0. The Hall–Kier alpha value is -1.69. The van der Waals surface area contributed by atoms with Crippen LogP contribution in [0.15, 0.2) is 47.3 Å². The smallest absolute Gasteiger partial charge is 0.117 e. The predicted molar refractivity (Wildman–Crippen MR) is 91.3 cm³/mol. The Balaban J connectivity index is 1.34. The van der Waals surface area contributed by atoms with Gasteiger partial charge >= 0.3 is 0 Å². The number of aromatic nitrogens is 1. The molecule has 2 atom stereocenters. The molecule has 2 aromatic rings. The number of ether oxygens (including phenoxy) is 1. The monoisotopic (exact) mass is 327 g/mol. The normalized spacial score (nSPS) is 26.0. The molecular weight excluding hydrogens is 302 g/mol. The average Bonchev–Trinajstić information content (AvgIpc) is 3.02. The van der Waals surface area contributed by atoms with E-state index in [4.69, 9.17) is 9.15 Å². The summed E-state index contributed by atoms with van der Waals surface area (Å²) in [5.74, 6) is 1.67. The van der Waals surface area contributed by atoms with E-state index in [1.807, 2.05) is 18.5 Å². The topological polar surface area (TPSA) is 41.7 Å². The minimum absolute atomic E-state index is 0.344. The van der Waals surface area contributed by atoms with Crippen LogP contribution in [0, 0.1) is 5.92 Å². The van der Waals surface area contributed by atoms with Crippen molar-refractivity contribution >= 4 is 0 Å². The molecule has 4 rings (SSSR count). The minimum atomic E-state index is 0.344. The van der Waals surface area contributed by atoms with E-state index in [0.29, 0.717) is 12.0 Å². The van der Waals surface area contributed by atoms with Crippen molar-refractivity contribution in [2.75, 3.05) is 32.8 Å². The lowest BCUT2D eigenvalue weighted by molar-refractivity contribution is -0.0256. The van der Waals surface area contributed by atoms with Crippen LogP contribution >= 0.6 is 0 Å². The molecule has 0 spiro atoms. The molecule has 0 N–H and O–H groups in total. The van der Waals surface area contributed by atoms with Crippen LogP contribution in [0.2, 0.25) is 0 Å². The van der Waals surface area contributed by atoms with Gasteiger partial charge in [0.25, 0.3) is 0 Å². The molecular formula is C19H25N3O2. The molecule has 2 aliphatic heterocycles. The molecule has 24 heavy (non-hydrogen) atoms. The number of pyridine rings is 1. The first-order chi connectivity index (χ1) is 11.9. The van der Waals surface area contributed by atoms with Crippen molar-refractivity contribution in [2.45, 2.75) is 25.6 Å². The van der Waals surface area contributed by atoms with Crippen molar-refractivity contribution in [2.24, 2.45) is 5.92 Å². The maximum Gasteiger partial charge on any atom is 0.117 e. The van der Waals surface area contributed by atoms with Gasteiger partial charge in [0, 0.05) is 44.5 Å². The summed E-state index contributed by atoms with van der Waals surface area (Å²) >= 11 is 0. The van der Waals surface area contributed by atoms with Crippen molar-refractivity contribution in [3.63, 3.8) is 0 Å². The van der Waals surface area contributed by atoms with Gasteiger partial charge in [0.1, 0.15) is 5.76 Å². The molecule has 0 aromatic carbocycles. The summed E-state index contributed by atoms with van der Waals surface area (Å²) in [6.45, 7) is 6.96.